The first-order valence-electron chi connectivity index (χ1n) is 19.3. The molecule has 0 aliphatic rings. The summed E-state index contributed by atoms with van der Waals surface area (Å²) in [5.41, 5.74) is 16.8. The van der Waals surface area contributed by atoms with Crippen LogP contribution >= 0.6 is 0 Å². The summed E-state index contributed by atoms with van der Waals surface area (Å²) in [5, 5.41) is 5.02. The molecule has 262 valence electrons. The van der Waals surface area contributed by atoms with Gasteiger partial charge in [0.05, 0.1) is 22.1 Å². The van der Waals surface area contributed by atoms with Gasteiger partial charge in [0.15, 0.2) is 0 Å². The number of hydrogen-bond acceptors (Lipinski definition) is 0. The summed E-state index contributed by atoms with van der Waals surface area (Å²) in [4.78, 5) is 0. The van der Waals surface area contributed by atoms with Crippen molar-refractivity contribution in [1.29, 1.82) is 0 Å². The Kier molecular flexibility index (Phi) is 7.53. The third kappa shape index (κ3) is 5.34. The van der Waals surface area contributed by atoms with E-state index >= 15 is 0 Å². The second-order valence-corrected chi connectivity index (χ2v) is 14.6. The average Bonchev–Trinajstić information content (AvgIpc) is 3.79. The molecule has 0 unspecified atom stereocenters. The van der Waals surface area contributed by atoms with Crippen LogP contribution in [0.5, 0.6) is 0 Å². The number of nitrogens with zero attached hydrogens (tertiary/aromatic N) is 2. The highest BCUT2D eigenvalue weighted by molar-refractivity contribution is 6.11. The summed E-state index contributed by atoms with van der Waals surface area (Å²) in [5.74, 6) is 0. The van der Waals surface area contributed by atoms with Crippen LogP contribution in [0.4, 0.5) is 0 Å². The van der Waals surface area contributed by atoms with E-state index in [0.29, 0.717) is 0 Å². The Bertz CT molecular complexity index is 3240. The van der Waals surface area contributed by atoms with Gasteiger partial charge in [0.1, 0.15) is 0 Å². The van der Waals surface area contributed by atoms with Crippen LogP contribution < -0.4 is 0 Å². The molecule has 2 heteroatoms. The van der Waals surface area contributed by atoms with Crippen LogP contribution in [0, 0.1) is 0 Å². The number of aromatic nitrogens is 2. The van der Waals surface area contributed by atoms with Crippen LogP contribution in [0.25, 0.3) is 99.5 Å². The molecule has 0 radical (unpaired) electrons. The van der Waals surface area contributed by atoms with Crippen LogP contribution in [0.15, 0.2) is 218 Å². The van der Waals surface area contributed by atoms with E-state index in [9.17, 15) is 0 Å². The Morgan fingerprint density at radius 1 is 0.196 bits per heavy atom. The second-order valence-electron chi connectivity index (χ2n) is 14.6. The van der Waals surface area contributed by atoms with Crippen molar-refractivity contribution in [3.8, 4) is 55.9 Å². The van der Waals surface area contributed by atoms with Gasteiger partial charge >= 0.3 is 0 Å². The van der Waals surface area contributed by atoms with Gasteiger partial charge in [-0.2, -0.15) is 0 Å². The largest absolute Gasteiger partial charge is 0.309 e. The molecule has 11 aromatic rings. The van der Waals surface area contributed by atoms with Gasteiger partial charge in [-0.05, 0) is 117 Å². The fourth-order valence-corrected chi connectivity index (χ4v) is 8.65. The summed E-state index contributed by atoms with van der Waals surface area (Å²) in [6.07, 6.45) is 0. The molecular formula is C54H36N2. The third-order valence-electron chi connectivity index (χ3n) is 11.3. The van der Waals surface area contributed by atoms with E-state index < -0.39 is 0 Å². The van der Waals surface area contributed by atoms with Crippen molar-refractivity contribution < 1.29 is 0 Å². The van der Waals surface area contributed by atoms with E-state index in [1.54, 1.807) is 0 Å². The fraction of sp³-hybridized carbons (Fsp3) is 0. The van der Waals surface area contributed by atoms with E-state index in [0.717, 1.165) is 5.69 Å². The van der Waals surface area contributed by atoms with E-state index in [1.807, 2.05) is 0 Å². The third-order valence-corrected chi connectivity index (χ3v) is 11.3. The molecule has 0 amide bonds. The van der Waals surface area contributed by atoms with Gasteiger partial charge < -0.3 is 9.13 Å². The quantitative estimate of drug-likeness (QED) is 0.162. The van der Waals surface area contributed by atoms with Gasteiger partial charge in [-0.1, -0.05) is 146 Å². The van der Waals surface area contributed by atoms with Gasteiger partial charge in [-0.15, -0.1) is 0 Å². The smallest absolute Gasteiger partial charge is 0.0541 e. The molecule has 56 heavy (non-hydrogen) atoms. The van der Waals surface area contributed by atoms with Crippen molar-refractivity contribution in [3.63, 3.8) is 0 Å². The topological polar surface area (TPSA) is 9.86 Å². The molecule has 0 N–H and O–H groups in total. The van der Waals surface area contributed by atoms with Crippen molar-refractivity contribution in [2.45, 2.75) is 0 Å². The lowest BCUT2D eigenvalue weighted by atomic mass is 9.95. The molecule has 11 rings (SSSR count). The first-order chi connectivity index (χ1) is 27.8. The second kappa shape index (κ2) is 13.2. The molecule has 0 saturated heterocycles. The zero-order valence-electron chi connectivity index (χ0n) is 30.7. The molecule has 0 bridgehead atoms. The van der Waals surface area contributed by atoms with Gasteiger partial charge in [0.25, 0.3) is 0 Å². The maximum atomic E-state index is 2.40. The summed E-state index contributed by atoms with van der Waals surface area (Å²) < 4.78 is 4.77. The molecular weight excluding hydrogens is 677 g/mol. The lowest BCUT2D eigenvalue weighted by molar-refractivity contribution is 1.18. The summed E-state index contributed by atoms with van der Waals surface area (Å²) in [7, 11) is 0. The molecule has 2 heterocycles. The van der Waals surface area contributed by atoms with Crippen LogP contribution in [0.1, 0.15) is 0 Å². The minimum Gasteiger partial charge on any atom is -0.309 e. The summed E-state index contributed by atoms with van der Waals surface area (Å²) in [6, 6.07) is 79.4. The minimum absolute atomic E-state index is 1.16. The normalized spacial score (nSPS) is 11.6. The minimum atomic E-state index is 1.16. The number of fused-ring (bicyclic) bond motifs is 6. The SMILES string of the molecule is c1ccc(-c2cccc(-n3c4ccccc4c4cc(-c5cccc(-c6cccc(-c7ccc8c(c7)c7ccccc7n8-c7ccccc7)c6)c5)ccc43)c2)cc1. The van der Waals surface area contributed by atoms with Crippen molar-refractivity contribution in [3.05, 3.63) is 218 Å². The predicted octanol–water partition coefficient (Wildman–Crippen LogP) is 14.5. The highest BCUT2D eigenvalue weighted by Crippen LogP contribution is 2.38. The van der Waals surface area contributed by atoms with Crippen molar-refractivity contribution in [2.75, 3.05) is 0 Å². The maximum Gasteiger partial charge on any atom is 0.0541 e. The van der Waals surface area contributed by atoms with E-state index in [1.165, 1.54) is 93.8 Å². The van der Waals surface area contributed by atoms with Crippen LogP contribution in [-0.4, -0.2) is 9.13 Å². The lowest BCUT2D eigenvalue weighted by Gasteiger charge is -2.11. The number of benzene rings is 9. The first-order valence-corrected chi connectivity index (χ1v) is 19.3. The summed E-state index contributed by atoms with van der Waals surface area (Å²) in [6.45, 7) is 0. The first kappa shape index (κ1) is 32.0. The monoisotopic (exact) mass is 712 g/mol. The van der Waals surface area contributed by atoms with Gasteiger partial charge in [0.2, 0.25) is 0 Å². The predicted molar refractivity (Wildman–Crippen MR) is 237 cm³/mol. The number of hydrogen-bond donors (Lipinski definition) is 0. The molecule has 0 saturated carbocycles. The molecule has 2 aromatic heterocycles. The maximum absolute atomic E-state index is 2.40. The zero-order chi connectivity index (χ0) is 37.0. The highest BCUT2D eigenvalue weighted by atomic mass is 15.0. The molecule has 0 spiro atoms. The molecule has 0 fully saturated rings. The van der Waals surface area contributed by atoms with Crippen LogP contribution in [0.3, 0.4) is 0 Å². The van der Waals surface area contributed by atoms with Crippen LogP contribution in [-0.2, 0) is 0 Å². The van der Waals surface area contributed by atoms with Gasteiger partial charge in [-0.25, -0.2) is 0 Å². The highest BCUT2D eigenvalue weighted by Gasteiger charge is 2.16. The standard InChI is InChI=1S/C54H36N2/c1-3-14-37(15-4-1)42-20-13-23-46(34-42)56-52-27-10-8-25-48(52)50-36-44(29-31-54(50)56)41-19-12-17-39(33-41)38-16-11-18-40(32-38)43-28-30-53-49(35-43)47-24-7-9-26-51(47)55(53)45-21-5-2-6-22-45/h1-36H. The van der Waals surface area contributed by atoms with Crippen molar-refractivity contribution >= 4 is 43.6 Å². The number of rotatable bonds is 6. The Balaban J connectivity index is 0.970. The Morgan fingerprint density at radius 2 is 0.554 bits per heavy atom. The average molecular weight is 713 g/mol. The Hall–Kier alpha value is -7.42. The molecule has 2 nitrogen and oxygen atoms in total. The van der Waals surface area contributed by atoms with Gasteiger partial charge in [-0.3, -0.25) is 0 Å². The van der Waals surface area contributed by atoms with Crippen molar-refractivity contribution in [2.24, 2.45) is 0 Å². The van der Waals surface area contributed by atoms with E-state index in [4.69, 9.17) is 0 Å². The molecule has 0 atom stereocenters. The van der Waals surface area contributed by atoms with Crippen molar-refractivity contribution in [1.82, 2.24) is 9.13 Å². The molecule has 9 aromatic carbocycles. The van der Waals surface area contributed by atoms with Crippen LogP contribution in [0.2, 0.25) is 0 Å². The molecule has 0 aliphatic heterocycles. The Labute approximate surface area is 325 Å². The van der Waals surface area contributed by atoms with E-state index in [2.05, 4.69) is 228 Å². The fourth-order valence-electron chi connectivity index (χ4n) is 8.65. The van der Waals surface area contributed by atoms with E-state index in [-0.39, 0.29) is 0 Å². The Morgan fingerprint density at radius 3 is 1.09 bits per heavy atom. The number of para-hydroxylation sites is 3. The lowest BCUT2D eigenvalue weighted by Crippen LogP contribution is -1.94. The van der Waals surface area contributed by atoms with Gasteiger partial charge in [0, 0.05) is 32.9 Å². The molecule has 0 aliphatic carbocycles. The zero-order valence-corrected chi connectivity index (χ0v) is 30.7. The summed E-state index contributed by atoms with van der Waals surface area (Å²) >= 11 is 0.